The highest BCUT2D eigenvalue weighted by Crippen LogP contribution is 1.96. The molecule has 1 N–H and O–H groups in total. The van der Waals surface area contributed by atoms with Crippen LogP contribution < -0.4 is 5.32 Å². The van der Waals surface area contributed by atoms with E-state index in [0.29, 0.717) is 6.04 Å². The van der Waals surface area contributed by atoms with Crippen LogP contribution in [0.5, 0.6) is 0 Å². The zero-order valence-corrected chi connectivity index (χ0v) is 7.07. The zero-order chi connectivity index (χ0) is 7.28. The van der Waals surface area contributed by atoms with Gasteiger partial charge in [0.1, 0.15) is 0 Å². The summed E-state index contributed by atoms with van der Waals surface area (Å²) in [6.07, 6.45) is 2.49. The van der Waals surface area contributed by atoms with Gasteiger partial charge in [-0.25, -0.2) is 0 Å². The topological polar surface area (TPSA) is 12.0 Å². The van der Waals surface area contributed by atoms with Crippen molar-refractivity contribution < 1.29 is 0 Å². The molecule has 1 heteroatoms. The number of rotatable bonds is 4. The van der Waals surface area contributed by atoms with E-state index in [-0.39, 0.29) is 0 Å². The van der Waals surface area contributed by atoms with Crippen LogP contribution in [0.25, 0.3) is 0 Å². The Morgan fingerprint density at radius 1 is 1.11 bits per heavy atom. The zero-order valence-electron chi connectivity index (χ0n) is 7.07. The van der Waals surface area contributed by atoms with E-state index in [1.54, 1.807) is 0 Å². The SMILES string of the molecule is CCC(CC)NC(C)C. The Hall–Kier alpha value is -0.0400. The maximum absolute atomic E-state index is 3.48. The lowest BCUT2D eigenvalue weighted by Crippen LogP contribution is -2.33. The summed E-state index contributed by atoms with van der Waals surface area (Å²) in [5.74, 6) is 0. The molecule has 9 heavy (non-hydrogen) atoms. The van der Waals surface area contributed by atoms with Gasteiger partial charge in [-0.2, -0.15) is 0 Å². The number of hydrogen-bond donors (Lipinski definition) is 1. The third-order valence-electron chi connectivity index (χ3n) is 1.55. The summed E-state index contributed by atoms with van der Waals surface area (Å²) in [5.41, 5.74) is 0. The van der Waals surface area contributed by atoms with Crippen LogP contribution in [0, 0.1) is 0 Å². The number of nitrogens with one attached hydrogen (secondary N) is 1. The monoisotopic (exact) mass is 129 g/mol. The predicted molar refractivity (Wildman–Crippen MR) is 42.6 cm³/mol. The molecule has 0 atom stereocenters. The van der Waals surface area contributed by atoms with E-state index in [0.717, 1.165) is 6.04 Å². The van der Waals surface area contributed by atoms with Crippen LogP contribution in [-0.2, 0) is 0 Å². The van der Waals surface area contributed by atoms with Crippen LogP contribution in [0.15, 0.2) is 0 Å². The summed E-state index contributed by atoms with van der Waals surface area (Å²) in [4.78, 5) is 0. The Balaban J connectivity index is 3.31. The molecule has 0 fully saturated rings. The number of hydrogen-bond acceptors (Lipinski definition) is 1. The first-order valence-corrected chi connectivity index (χ1v) is 3.96. The third kappa shape index (κ3) is 4.46. The Kier molecular flexibility index (Phi) is 4.78. The second-order valence-electron chi connectivity index (χ2n) is 2.83. The van der Waals surface area contributed by atoms with Gasteiger partial charge < -0.3 is 5.32 Å². The van der Waals surface area contributed by atoms with Gasteiger partial charge in [0.25, 0.3) is 0 Å². The molecule has 0 spiro atoms. The van der Waals surface area contributed by atoms with E-state index >= 15 is 0 Å². The van der Waals surface area contributed by atoms with Crippen molar-refractivity contribution in [1.82, 2.24) is 5.32 Å². The fourth-order valence-corrected chi connectivity index (χ4v) is 0.996. The van der Waals surface area contributed by atoms with Gasteiger partial charge in [-0.1, -0.05) is 27.7 Å². The van der Waals surface area contributed by atoms with Crippen molar-refractivity contribution in [3.8, 4) is 0 Å². The molecule has 0 bridgehead atoms. The lowest BCUT2D eigenvalue weighted by atomic mass is 10.1. The lowest BCUT2D eigenvalue weighted by molar-refractivity contribution is 0.441. The first-order valence-electron chi connectivity index (χ1n) is 3.96. The molecule has 0 aromatic carbocycles. The van der Waals surface area contributed by atoms with Gasteiger partial charge in [0.2, 0.25) is 0 Å². The van der Waals surface area contributed by atoms with E-state index in [9.17, 15) is 0 Å². The van der Waals surface area contributed by atoms with E-state index in [2.05, 4.69) is 33.0 Å². The molecule has 56 valence electrons. The van der Waals surface area contributed by atoms with Crippen molar-refractivity contribution >= 4 is 0 Å². The lowest BCUT2D eigenvalue weighted by Gasteiger charge is -2.17. The van der Waals surface area contributed by atoms with Crippen LogP contribution in [0.3, 0.4) is 0 Å². The smallest absolute Gasteiger partial charge is 0.00641 e. The summed E-state index contributed by atoms with van der Waals surface area (Å²) in [6.45, 7) is 8.84. The third-order valence-corrected chi connectivity index (χ3v) is 1.55. The average Bonchev–Trinajstić information content (AvgIpc) is 1.82. The molecule has 0 aliphatic rings. The minimum Gasteiger partial charge on any atom is -0.312 e. The summed E-state index contributed by atoms with van der Waals surface area (Å²) in [6, 6.07) is 1.36. The highest BCUT2D eigenvalue weighted by atomic mass is 14.9. The molecular weight excluding hydrogens is 110 g/mol. The molecular formula is C8H19N. The first-order chi connectivity index (χ1) is 4.20. The van der Waals surface area contributed by atoms with Gasteiger partial charge in [0.05, 0.1) is 0 Å². The Labute approximate surface area is 58.8 Å². The summed E-state index contributed by atoms with van der Waals surface area (Å²) in [7, 11) is 0. The van der Waals surface area contributed by atoms with Crippen LogP contribution in [0.2, 0.25) is 0 Å². The van der Waals surface area contributed by atoms with Crippen molar-refractivity contribution in [2.75, 3.05) is 0 Å². The minimum absolute atomic E-state index is 0.634. The fraction of sp³-hybridized carbons (Fsp3) is 1.00. The Morgan fingerprint density at radius 3 is 1.67 bits per heavy atom. The van der Waals surface area contributed by atoms with Crippen LogP contribution in [0.4, 0.5) is 0 Å². The normalized spacial score (nSPS) is 11.3. The summed E-state index contributed by atoms with van der Waals surface area (Å²) in [5, 5.41) is 3.48. The molecule has 0 unspecified atom stereocenters. The van der Waals surface area contributed by atoms with E-state index in [1.807, 2.05) is 0 Å². The van der Waals surface area contributed by atoms with Crippen molar-refractivity contribution in [1.29, 1.82) is 0 Å². The van der Waals surface area contributed by atoms with Crippen LogP contribution >= 0.6 is 0 Å². The molecule has 0 amide bonds. The second-order valence-corrected chi connectivity index (χ2v) is 2.83. The molecule has 0 radical (unpaired) electrons. The molecule has 1 nitrogen and oxygen atoms in total. The van der Waals surface area contributed by atoms with E-state index < -0.39 is 0 Å². The first kappa shape index (κ1) is 8.96. The molecule has 0 rings (SSSR count). The maximum Gasteiger partial charge on any atom is 0.00641 e. The standard InChI is InChI=1S/C8H19N/c1-5-8(6-2)9-7(3)4/h7-9H,5-6H2,1-4H3. The molecule has 0 saturated heterocycles. The van der Waals surface area contributed by atoms with Crippen molar-refractivity contribution in [2.24, 2.45) is 0 Å². The van der Waals surface area contributed by atoms with Crippen molar-refractivity contribution in [3.63, 3.8) is 0 Å². The Bertz CT molecular complexity index is 55.6. The fourth-order valence-electron chi connectivity index (χ4n) is 0.996. The molecule has 0 aromatic heterocycles. The summed E-state index contributed by atoms with van der Waals surface area (Å²) >= 11 is 0. The quantitative estimate of drug-likeness (QED) is 0.613. The molecule has 0 saturated carbocycles. The second kappa shape index (κ2) is 4.80. The van der Waals surface area contributed by atoms with Gasteiger partial charge in [0.15, 0.2) is 0 Å². The van der Waals surface area contributed by atoms with Crippen LogP contribution in [-0.4, -0.2) is 12.1 Å². The maximum atomic E-state index is 3.48. The largest absolute Gasteiger partial charge is 0.312 e. The molecule has 0 aromatic rings. The average molecular weight is 129 g/mol. The summed E-state index contributed by atoms with van der Waals surface area (Å²) < 4.78 is 0. The van der Waals surface area contributed by atoms with Gasteiger partial charge in [0, 0.05) is 12.1 Å². The van der Waals surface area contributed by atoms with Crippen molar-refractivity contribution in [3.05, 3.63) is 0 Å². The van der Waals surface area contributed by atoms with Crippen LogP contribution in [0.1, 0.15) is 40.5 Å². The van der Waals surface area contributed by atoms with Gasteiger partial charge in [-0.3, -0.25) is 0 Å². The highest BCUT2D eigenvalue weighted by molar-refractivity contribution is 4.64. The minimum atomic E-state index is 0.634. The molecule has 0 aliphatic carbocycles. The highest BCUT2D eigenvalue weighted by Gasteiger charge is 2.02. The van der Waals surface area contributed by atoms with Gasteiger partial charge >= 0.3 is 0 Å². The molecule has 0 aliphatic heterocycles. The van der Waals surface area contributed by atoms with Gasteiger partial charge in [-0.05, 0) is 12.8 Å². The predicted octanol–water partition coefficient (Wildman–Crippen LogP) is 2.17. The Morgan fingerprint density at radius 2 is 1.56 bits per heavy atom. The van der Waals surface area contributed by atoms with Gasteiger partial charge in [-0.15, -0.1) is 0 Å². The van der Waals surface area contributed by atoms with E-state index in [4.69, 9.17) is 0 Å². The van der Waals surface area contributed by atoms with Crippen molar-refractivity contribution in [2.45, 2.75) is 52.6 Å². The van der Waals surface area contributed by atoms with E-state index in [1.165, 1.54) is 12.8 Å². The molecule has 0 heterocycles.